The lowest BCUT2D eigenvalue weighted by atomic mass is 10.2. The van der Waals surface area contributed by atoms with Crippen molar-refractivity contribution < 1.29 is 13.5 Å². The molecular formula is C13H12N5O3S-. The second-order valence-corrected chi connectivity index (χ2v) is 5.19. The SMILES string of the molecule is COc1ccc2c(c1)nnn2-c1ccc(CNS(=O)[O-])cn1. The Morgan fingerprint density at radius 1 is 1.36 bits per heavy atom. The third-order valence-corrected chi connectivity index (χ3v) is 3.45. The molecule has 2 aromatic heterocycles. The van der Waals surface area contributed by atoms with Crippen molar-refractivity contribution in [3.05, 3.63) is 42.1 Å². The highest BCUT2D eigenvalue weighted by molar-refractivity contribution is 7.77. The zero-order valence-electron chi connectivity index (χ0n) is 11.6. The molecule has 9 heteroatoms. The van der Waals surface area contributed by atoms with Crippen LogP contribution in [0.15, 0.2) is 36.5 Å². The molecule has 1 atom stereocenters. The van der Waals surface area contributed by atoms with Crippen molar-refractivity contribution in [2.75, 3.05) is 7.11 Å². The van der Waals surface area contributed by atoms with Gasteiger partial charge in [-0.05, 0) is 23.8 Å². The molecule has 0 radical (unpaired) electrons. The molecule has 1 N–H and O–H groups in total. The highest BCUT2D eigenvalue weighted by Crippen LogP contribution is 2.20. The summed E-state index contributed by atoms with van der Waals surface area (Å²) in [5.74, 6) is 1.30. The molecule has 8 nitrogen and oxygen atoms in total. The average Bonchev–Trinajstić information content (AvgIpc) is 2.96. The van der Waals surface area contributed by atoms with Crippen LogP contribution in [0.5, 0.6) is 5.75 Å². The number of methoxy groups -OCH3 is 1. The number of nitrogens with one attached hydrogen (secondary N) is 1. The van der Waals surface area contributed by atoms with Gasteiger partial charge in [-0.2, -0.15) is 4.68 Å². The van der Waals surface area contributed by atoms with E-state index in [1.807, 2.05) is 12.1 Å². The highest BCUT2D eigenvalue weighted by Gasteiger charge is 2.08. The fraction of sp³-hybridized carbons (Fsp3) is 0.154. The number of aromatic nitrogens is 4. The largest absolute Gasteiger partial charge is 0.760 e. The fourth-order valence-corrected chi connectivity index (χ4v) is 2.27. The molecule has 3 rings (SSSR count). The second-order valence-electron chi connectivity index (χ2n) is 4.44. The summed E-state index contributed by atoms with van der Waals surface area (Å²) in [5, 5.41) is 8.16. The molecule has 0 saturated heterocycles. The van der Waals surface area contributed by atoms with Gasteiger partial charge in [0.25, 0.3) is 0 Å². The van der Waals surface area contributed by atoms with Gasteiger partial charge in [0.2, 0.25) is 0 Å². The molecule has 0 aliphatic rings. The summed E-state index contributed by atoms with van der Waals surface area (Å²) in [6, 6.07) is 9.00. The van der Waals surface area contributed by atoms with Crippen molar-refractivity contribution in [3.63, 3.8) is 0 Å². The Morgan fingerprint density at radius 3 is 2.91 bits per heavy atom. The number of benzene rings is 1. The minimum absolute atomic E-state index is 0.193. The minimum atomic E-state index is -2.29. The maximum Gasteiger partial charge on any atom is 0.155 e. The Bertz CT molecular complexity index is 818. The molecule has 0 aliphatic heterocycles. The molecular weight excluding hydrogens is 306 g/mol. The van der Waals surface area contributed by atoms with Gasteiger partial charge in [0.1, 0.15) is 11.3 Å². The van der Waals surface area contributed by atoms with E-state index in [2.05, 4.69) is 20.0 Å². The summed E-state index contributed by atoms with van der Waals surface area (Å²) in [7, 11) is 1.59. The maximum absolute atomic E-state index is 10.5. The summed E-state index contributed by atoms with van der Waals surface area (Å²) in [4.78, 5) is 4.28. The van der Waals surface area contributed by atoms with Crippen LogP contribution in [0, 0.1) is 0 Å². The van der Waals surface area contributed by atoms with Crippen LogP contribution in [-0.4, -0.2) is 35.8 Å². The standard InChI is InChI=1S/C13H13N5O3S/c1-21-10-3-4-12-11(6-10)16-17-18(12)13-5-2-9(7-14-13)8-15-22(19)20/h2-7,15H,8H2,1H3,(H,19,20)/p-1. The van der Waals surface area contributed by atoms with Gasteiger partial charge in [0, 0.05) is 30.1 Å². The lowest BCUT2D eigenvalue weighted by Gasteiger charge is -2.07. The zero-order chi connectivity index (χ0) is 15.5. The predicted molar refractivity (Wildman–Crippen MR) is 79.0 cm³/mol. The van der Waals surface area contributed by atoms with Gasteiger partial charge < -0.3 is 9.29 Å². The first-order valence-corrected chi connectivity index (χ1v) is 7.42. The molecule has 0 bridgehead atoms. The third-order valence-electron chi connectivity index (χ3n) is 3.07. The van der Waals surface area contributed by atoms with Gasteiger partial charge in [0.15, 0.2) is 5.82 Å². The van der Waals surface area contributed by atoms with Crippen LogP contribution in [0.4, 0.5) is 0 Å². The normalized spacial score (nSPS) is 12.5. The van der Waals surface area contributed by atoms with Crippen molar-refractivity contribution in [3.8, 4) is 11.6 Å². The van der Waals surface area contributed by atoms with E-state index in [4.69, 9.17) is 4.74 Å². The van der Waals surface area contributed by atoms with Crippen molar-refractivity contribution in [2.24, 2.45) is 0 Å². The summed E-state index contributed by atoms with van der Waals surface area (Å²) < 4.78 is 30.0. The van der Waals surface area contributed by atoms with Crippen molar-refractivity contribution in [1.29, 1.82) is 0 Å². The van der Waals surface area contributed by atoms with Crippen LogP contribution in [0.1, 0.15) is 5.56 Å². The van der Waals surface area contributed by atoms with E-state index < -0.39 is 11.3 Å². The molecule has 1 aromatic carbocycles. The molecule has 0 fully saturated rings. The van der Waals surface area contributed by atoms with E-state index >= 15 is 0 Å². The van der Waals surface area contributed by atoms with E-state index in [0.29, 0.717) is 17.1 Å². The summed E-state index contributed by atoms with van der Waals surface area (Å²) in [6.07, 6.45) is 1.59. The van der Waals surface area contributed by atoms with E-state index in [-0.39, 0.29) is 6.54 Å². The number of rotatable bonds is 5. The van der Waals surface area contributed by atoms with Crippen LogP contribution >= 0.6 is 0 Å². The molecule has 3 aromatic rings. The van der Waals surface area contributed by atoms with E-state index in [0.717, 1.165) is 11.1 Å². The predicted octanol–water partition coefficient (Wildman–Crippen LogP) is 0.708. The Hall–Kier alpha value is -2.36. The van der Waals surface area contributed by atoms with Crippen molar-refractivity contribution >= 4 is 22.3 Å². The zero-order valence-corrected chi connectivity index (χ0v) is 12.4. The lowest BCUT2D eigenvalue weighted by molar-refractivity contribution is 0.415. The molecule has 1 unspecified atom stereocenters. The summed E-state index contributed by atoms with van der Waals surface area (Å²) >= 11 is -2.29. The third kappa shape index (κ3) is 2.96. The first-order valence-electron chi connectivity index (χ1n) is 6.35. The first kappa shape index (κ1) is 14.6. The molecule has 22 heavy (non-hydrogen) atoms. The van der Waals surface area contributed by atoms with Gasteiger partial charge >= 0.3 is 0 Å². The molecule has 0 spiro atoms. The van der Waals surface area contributed by atoms with Gasteiger partial charge in [-0.3, -0.25) is 4.21 Å². The van der Waals surface area contributed by atoms with E-state index in [1.165, 1.54) is 0 Å². The number of pyridine rings is 1. The molecule has 0 amide bonds. The van der Waals surface area contributed by atoms with Crippen molar-refractivity contribution in [2.45, 2.75) is 6.54 Å². The number of nitrogens with zero attached hydrogens (tertiary/aromatic N) is 4. The number of hydrogen-bond donors (Lipinski definition) is 1. The van der Waals surface area contributed by atoms with Gasteiger partial charge in [-0.15, -0.1) is 5.10 Å². The van der Waals surface area contributed by atoms with Gasteiger partial charge in [0.05, 0.1) is 12.6 Å². The number of ether oxygens (including phenoxy) is 1. The number of hydrogen-bond acceptors (Lipinski definition) is 6. The monoisotopic (exact) mass is 318 g/mol. The maximum atomic E-state index is 10.5. The van der Waals surface area contributed by atoms with Crippen LogP contribution < -0.4 is 9.46 Å². The van der Waals surface area contributed by atoms with E-state index in [9.17, 15) is 8.76 Å². The van der Waals surface area contributed by atoms with Gasteiger partial charge in [-0.25, -0.2) is 9.71 Å². The molecule has 114 valence electrons. The van der Waals surface area contributed by atoms with Gasteiger partial charge in [-0.1, -0.05) is 11.3 Å². The molecule has 0 aliphatic carbocycles. The first-order chi connectivity index (χ1) is 10.7. The summed E-state index contributed by atoms with van der Waals surface area (Å²) in [5.41, 5.74) is 2.26. The van der Waals surface area contributed by atoms with Crippen LogP contribution in [0.3, 0.4) is 0 Å². The highest BCUT2D eigenvalue weighted by atomic mass is 32.2. The summed E-state index contributed by atoms with van der Waals surface area (Å²) in [6.45, 7) is 0.193. The quantitative estimate of drug-likeness (QED) is 0.695. The Labute approximate surface area is 128 Å². The Balaban J connectivity index is 1.89. The van der Waals surface area contributed by atoms with Crippen LogP contribution in [-0.2, 0) is 17.8 Å². The molecule has 0 saturated carbocycles. The smallest absolute Gasteiger partial charge is 0.155 e. The minimum Gasteiger partial charge on any atom is -0.760 e. The lowest BCUT2D eigenvalue weighted by Crippen LogP contribution is -2.15. The van der Waals surface area contributed by atoms with E-state index in [1.54, 1.807) is 36.2 Å². The topological polar surface area (TPSA) is 105 Å². The Kier molecular flexibility index (Phi) is 4.09. The molecule has 2 heterocycles. The van der Waals surface area contributed by atoms with Crippen LogP contribution in [0.2, 0.25) is 0 Å². The Morgan fingerprint density at radius 2 is 2.23 bits per heavy atom. The average molecular weight is 318 g/mol. The second kappa shape index (κ2) is 6.18. The number of fused-ring (bicyclic) bond motifs is 1. The van der Waals surface area contributed by atoms with Crippen molar-refractivity contribution in [1.82, 2.24) is 24.7 Å². The fourth-order valence-electron chi connectivity index (χ4n) is 1.99. The van der Waals surface area contributed by atoms with Crippen LogP contribution in [0.25, 0.3) is 16.9 Å².